The van der Waals surface area contributed by atoms with Crippen molar-refractivity contribution >= 4 is 39.8 Å². The van der Waals surface area contributed by atoms with E-state index >= 15 is 0 Å². The number of benzene rings is 2. The average molecular weight is 379 g/mol. The van der Waals surface area contributed by atoms with Crippen molar-refractivity contribution in [1.82, 2.24) is 14.6 Å². The summed E-state index contributed by atoms with van der Waals surface area (Å²) < 4.78 is 6.63. The van der Waals surface area contributed by atoms with Gasteiger partial charge in [0, 0.05) is 15.9 Å². The number of H-pyrrole nitrogens is 1. The molecular formula is C20H15ClN4O2. The van der Waals surface area contributed by atoms with Crippen molar-refractivity contribution in [3.63, 3.8) is 0 Å². The topological polar surface area (TPSA) is 72.3 Å². The van der Waals surface area contributed by atoms with Crippen molar-refractivity contribution in [3.05, 3.63) is 82.4 Å². The molecule has 6 nitrogen and oxygen atoms in total. The fraction of sp³-hybridized carbons (Fsp3) is 0.0500. The van der Waals surface area contributed by atoms with Gasteiger partial charge in [0.2, 0.25) is 0 Å². The van der Waals surface area contributed by atoms with Crippen LogP contribution in [0.15, 0.2) is 71.3 Å². The molecule has 0 bridgehead atoms. The van der Waals surface area contributed by atoms with Crippen LogP contribution in [0.3, 0.4) is 0 Å². The molecule has 4 aromatic rings. The predicted octanol–water partition coefficient (Wildman–Crippen LogP) is 3.98. The molecule has 0 spiro atoms. The van der Waals surface area contributed by atoms with Crippen LogP contribution in [0.2, 0.25) is 5.02 Å². The van der Waals surface area contributed by atoms with Crippen molar-refractivity contribution < 1.29 is 4.74 Å². The fourth-order valence-electron chi connectivity index (χ4n) is 2.73. The van der Waals surface area contributed by atoms with Crippen LogP contribution in [0.4, 0.5) is 0 Å². The average Bonchev–Trinajstić information content (AvgIpc) is 3.05. The smallest absolute Gasteiger partial charge is 0.298 e. The summed E-state index contributed by atoms with van der Waals surface area (Å²) in [5, 5.41) is 5.62. The van der Waals surface area contributed by atoms with E-state index in [-0.39, 0.29) is 5.56 Å². The van der Waals surface area contributed by atoms with Gasteiger partial charge in [-0.1, -0.05) is 24.3 Å². The third kappa shape index (κ3) is 3.35. The van der Waals surface area contributed by atoms with Crippen LogP contribution in [0.25, 0.3) is 21.9 Å². The largest absolute Gasteiger partial charge is 0.490 e. The van der Waals surface area contributed by atoms with Crippen molar-refractivity contribution in [1.29, 1.82) is 0 Å². The Kier molecular flexibility index (Phi) is 4.48. The van der Waals surface area contributed by atoms with E-state index in [1.54, 1.807) is 24.4 Å². The first-order valence-electron chi connectivity index (χ1n) is 8.22. The number of aromatic amines is 1. The monoisotopic (exact) mass is 378 g/mol. The third-order valence-electron chi connectivity index (χ3n) is 4.03. The van der Waals surface area contributed by atoms with Gasteiger partial charge in [-0.05, 0) is 48.0 Å². The van der Waals surface area contributed by atoms with Crippen LogP contribution < -0.4 is 10.3 Å². The molecule has 0 atom stereocenters. The van der Waals surface area contributed by atoms with Crippen LogP contribution in [0.1, 0.15) is 5.56 Å². The Morgan fingerprint density at radius 3 is 2.85 bits per heavy atom. The summed E-state index contributed by atoms with van der Waals surface area (Å²) in [4.78, 5) is 20.1. The number of rotatable bonds is 5. The molecule has 27 heavy (non-hydrogen) atoms. The number of fused-ring (bicyclic) bond motifs is 3. The quantitative estimate of drug-likeness (QED) is 0.421. The van der Waals surface area contributed by atoms with Crippen molar-refractivity contribution in [3.8, 4) is 5.75 Å². The molecule has 2 aromatic heterocycles. The normalized spacial score (nSPS) is 11.4. The molecule has 134 valence electrons. The lowest BCUT2D eigenvalue weighted by Gasteiger charge is -2.02. The van der Waals surface area contributed by atoms with Gasteiger partial charge in [-0.3, -0.25) is 4.79 Å². The van der Waals surface area contributed by atoms with Gasteiger partial charge in [0.15, 0.2) is 0 Å². The van der Waals surface area contributed by atoms with Crippen molar-refractivity contribution in [2.24, 2.45) is 5.10 Å². The highest BCUT2D eigenvalue weighted by Crippen LogP contribution is 2.24. The molecule has 0 aliphatic rings. The SMILES string of the molecule is C=CCOc1ccc(C=Nn2cnc3c([nH]c4ccc(Cl)cc43)c2=O)cc1. The lowest BCUT2D eigenvalue weighted by molar-refractivity contribution is 0.363. The summed E-state index contributed by atoms with van der Waals surface area (Å²) in [5.74, 6) is 0.740. The summed E-state index contributed by atoms with van der Waals surface area (Å²) in [5.41, 5.74) is 2.31. The highest BCUT2D eigenvalue weighted by Gasteiger charge is 2.10. The Morgan fingerprint density at radius 2 is 2.07 bits per heavy atom. The number of hydrogen-bond acceptors (Lipinski definition) is 4. The molecule has 0 radical (unpaired) electrons. The van der Waals surface area contributed by atoms with E-state index in [0.717, 1.165) is 22.2 Å². The maximum Gasteiger partial charge on any atom is 0.298 e. The van der Waals surface area contributed by atoms with Gasteiger partial charge in [-0.2, -0.15) is 9.78 Å². The molecule has 0 saturated heterocycles. The zero-order valence-electron chi connectivity index (χ0n) is 14.2. The maximum atomic E-state index is 12.7. The molecule has 4 rings (SSSR count). The minimum Gasteiger partial charge on any atom is -0.490 e. The molecule has 0 unspecified atom stereocenters. The Balaban J connectivity index is 1.66. The van der Waals surface area contributed by atoms with Crippen LogP contribution in [0.5, 0.6) is 5.75 Å². The first-order chi connectivity index (χ1) is 13.2. The number of halogens is 1. The van der Waals surface area contributed by atoms with Gasteiger partial charge in [0.05, 0.1) is 6.21 Å². The molecule has 0 aliphatic heterocycles. The number of hydrogen-bond donors (Lipinski definition) is 1. The number of nitrogens with one attached hydrogen (secondary N) is 1. The first kappa shape index (κ1) is 17.1. The molecule has 0 saturated carbocycles. The minimum absolute atomic E-state index is 0.283. The van der Waals surface area contributed by atoms with Gasteiger partial charge >= 0.3 is 0 Å². The maximum absolute atomic E-state index is 12.7. The first-order valence-corrected chi connectivity index (χ1v) is 8.60. The second kappa shape index (κ2) is 7.09. The van der Waals surface area contributed by atoms with Gasteiger partial charge in [0.1, 0.15) is 29.7 Å². The zero-order chi connectivity index (χ0) is 18.8. The van der Waals surface area contributed by atoms with Crippen LogP contribution >= 0.6 is 11.6 Å². The fourth-order valence-corrected chi connectivity index (χ4v) is 2.91. The second-order valence-electron chi connectivity index (χ2n) is 5.85. The van der Waals surface area contributed by atoms with Crippen molar-refractivity contribution in [2.75, 3.05) is 6.61 Å². The highest BCUT2D eigenvalue weighted by molar-refractivity contribution is 6.31. The predicted molar refractivity (Wildman–Crippen MR) is 108 cm³/mol. The molecule has 1 N–H and O–H groups in total. The number of nitrogens with zero attached hydrogens (tertiary/aromatic N) is 3. The lowest BCUT2D eigenvalue weighted by atomic mass is 10.2. The molecule has 2 aromatic carbocycles. The zero-order valence-corrected chi connectivity index (χ0v) is 15.0. The standard InChI is InChI=1S/C20H15ClN4O2/c1-2-9-27-15-6-3-13(4-7-15)11-23-25-12-22-18-16-10-14(21)5-8-17(16)24-19(18)20(25)26/h2-8,10-12,24H,1,9H2. The molecule has 0 amide bonds. The van der Waals surface area contributed by atoms with E-state index in [9.17, 15) is 4.79 Å². The Morgan fingerprint density at radius 1 is 1.26 bits per heavy atom. The van der Waals surface area contributed by atoms with E-state index in [1.807, 2.05) is 30.3 Å². The number of ether oxygens (including phenoxy) is 1. The van der Waals surface area contributed by atoms with E-state index < -0.39 is 0 Å². The second-order valence-corrected chi connectivity index (χ2v) is 6.28. The molecule has 0 aliphatic carbocycles. The van der Waals surface area contributed by atoms with E-state index in [0.29, 0.717) is 22.7 Å². The Bertz CT molecular complexity index is 1220. The van der Waals surface area contributed by atoms with Crippen LogP contribution in [-0.2, 0) is 0 Å². The van der Waals surface area contributed by atoms with Crippen molar-refractivity contribution in [2.45, 2.75) is 0 Å². The van der Waals surface area contributed by atoms with Gasteiger partial charge in [0.25, 0.3) is 5.56 Å². The van der Waals surface area contributed by atoms with E-state index in [1.165, 1.54) is 11.0 Å². The van der Waals surface area contributed by atoms with Gasteiger partial charge in [-0.25, -0.2) is 4.98 Å². The van der Waals surface area contributed by atoms with E-state index in [4.69, 9.17) is 16.3 Å². The highest BCUT2D eigenvalue weighted by atomic mass is 35.5. The molecule has 2 heterocycles. The van der Waals surface area contributed by atoms with Crippen LogP contribution in [-0.4, -0.2) is 27.5 Å². The summed E-state index contributed by atoms with van der Waals surface area (Å²) in [7, 11) is 0. The third-order valence-corrected chi connectivity index (χ3v) is 4.27. The van der Waals surface area contributed by atoms with Crippen LogP contribution in [0, 0.1) is 0 Å². The Hall–Kier alpha value is -3.38. The molecular weight excluding hydrogens is 364 g/mol. The summed E-state index contributed by atoms with van der Waals surface area (Å²) in [6.45, 7) is 4.06. The van der Waals surface area contributed by atoms with Gasteiger partial charge in [-0.15, -0.1) is 0 Å². The lowest BCUT2D eigenvalue weighted by Crippen LogP contribution is -2.17. The summed E-state index contributed by atoms with van der Waals surface area (Å²) in [6, 6.07) is 12.7. The van der Waals surface area contributed by atoms with E-state index in [2.05, 4.69) is 21.6 Å². The minimum atomic E-state index is -0.283. The molecule has 0 fully saturated rings. The summed E-state index contributed by atoms with van der Waals surface area (Å²) >= 11 is 6.04. The Labute approximate surface area is 159 Å². The van der Waals surface area contributed by atoms with Gasteiger partial charge < -0.3 is 9.72 Å². The molecule has 7 heteroatoms. The summed E-state index contributed by atoms with van der Waals surface area (Å²) in [6.07, 6.45) is 4.67. The number of aromatic nitrogens is 3.